The van der Waals surface area contributed by atoms with Crippen LogP contribution in [0.2, 0.25) is 0 Å². The van der Waals surface area contributed by atoms with Crippen LogP contribution in [0.1, 0.15) is 13.3 Å². The van der Waals surface area contributed by atoms with Crippen molar-refractivity contribution in [3.05, 3.63) is 30.3 Å². The van der Waals surface area contributed by atoms with E-state index < -0.39 is 16.1 Å². The molecule has 0 heterocycles. The van der Waals surface area contributed by atoms with Gasteiger partial charge in [-0.1, -0.05) is 18.2 Å². The number of para-hydroxylation sites is 1. The number of hydrogen-bond donors (Lipinski definition) is 2. The van der Waals surface area contributed by atoms with E-state index in [0.29, 0.717) is 17.9 Å². The van der Waals surface area contributed by atoms with E-state index in [1.807, 2.05) is 24.5 Å². The molecule has 0 saturated heterocycles. The third kappa shape index (κ3) is 5.94. The molecule has 1 aromatic carbocycles. The fraction of sp³-hybridized carbons (Fsp3) is 0.462. The summed E-state index contributed by atoms with van der Waals surface area (Å²) in [4.78, 5) is 12.2. The van der Waals surface area contributed by atoms with Gasteiger partial charge in [0.05, 0.1) is 5.75 Å². The number of sulfonamides is 1. The number of carbonyl (C=O) groups is 1. The van der Waals surface area contributed by atoms with Crippen LogP contribution >= 0.6 is 11.8 Å². The van der Waals surface area contributed by atoms with Crippen LogP contribution in [0.15, 0.2) is 30.3 Å². The highest BCUT2D eigenvalue weighted by molar-refractivity contribution is 7.98. The van der Waals surface area contributed by atoms with E-state index in [1.165, 1.54) is 0 Å². The molecule has 0 spiro atoms. The second kappa shape index (κ2) is 8.28. The molecule has 20 heavy (non-hydrogen) atoms. The lowest BCUT2D eigenvalue weighted by Crippen LogP contribution is -2.44. The van der Waals surface area contributed by atoms with Gasteiger partial charge in [-0.3, -0.25) is 4.79 Å². The first-order chi connectivity index (χ1) is 9.48. The largest absolute Gasteiger partial charge is 0.325 e. The lowest BCUT2D eigenvalue weighted by Gasteiger charge is -2.17. The van der Waals surface area contributed by atoms with E-state index in [4.69, 9.17) is 0 Å². The van der Waals surface area contributed by atoms with Gasteiger partial charge in [0.25, 0.3) is 0 Å². The molecule has 1 aromatic rings. The van der Waals surface area contributed by atoms with E-state index in [-0.39, 0.29) is 11.7 Å². The minimum Gasteiger partial charge on any atom is -0.325 e. The molecule has 1 amide bonds. The highest BCUT2D eigenvalue weighted by Crippen LogP contribution is 2.09. The Hall–Kier alpha value is -1.05. The normalized spacial score (nSPS) is 12.9. The monoisotopic (exact) mass is 316 g/mol. The molecular formula is C13H20N2O3S2. The maximum atomic E-state index is 12.2. The van der Waals surface area contributed by atoms with Crippen molar-refractivity contribution < 1.29 is 13.2 Å². The van der Waals surface area contributed by atoms with Gasteiger partial charge < -0.3 is 5.32 Å². The predicted octanol–water partition coefficient (Wildman–Crippen LogP) is 1.69. The maximum absolute atomic E-state index is 12.2. The van der Waals surface area contributed by atoms with Crippen LogP contribution in [0.3, 0.4) is 0 Å². The Bertz CT molecular complexity index is 518. The van der Waals surface area contributed by atoms with Crippen molar-refractivity contribution >= 4 is 33.4 Å². The Morgan fingerprint density at radius 2 is 1.95 bits per heavy atom. The number of nitrogens with one attached hydrogen (secondary N) is 2. The summed E-state index contributed by atoms with van der Waals surface area (Å²) < 4.78 is 25.7. The summed E-state index contributed by atoms with van der Waals surface area (Å²) in [5.74, 6) is 0.336. The molecule has 0 radical (unpaired) electrons. The maximum Gasteiger partial charge on any atom is 0.242 e. The van der Waals surface area contributed by atoms with E-state index in [9.17, 15) is 13.2 Å². The van der Waals surface area contributed by atoms with Gasteiger partial charge in [-0.05, 0) is 37.5 Å². The van der Waals surface area contributed by atoms with Crippen LogP contribution in [0.25, 0.3) is 0 Å². The molecule has 0 fully saturated rings. The summed E-state index contributed by atoms with van der Waals surface area (Å²) >= 11 is 1.57. The summed E-state index contributed by atoms with van der Waals surface area (Å²) in [5, 5.41) is 2.72. The van der Waals surface area contributed by atoms with Crippen molar-refractivity contribution in [1.82, 2.24) is 4.72 Å². The first kappa shape index (κ1) is 17.0. The van der Waals surface area contributed by atoms with Gasteiger partial charge in [-0.25, -0.2) is 13.1 Å². The summed E-state index contributed by atoms with van der Waals surface area (Å²) in [6.45, 7) is 1.54. The SMILES string of the molecule is CCS(=O)(=O)NC(CCSC)C(=O)Nc1ccccc1. The van der Waals surface area contributed by atoms with Crippen molar-refractivity contribution in [3.63, 3.8) is 0 Å². The number of benzene rings is 1. The number of rotatable bonds is 8. The summed E-state index contributed by atoms with van der Waals surface area (Å²) in [6, 6.07) is 8.24. The van der Waals surface area contributed by atoms with Crippen molar-refractivity contribution in [2.24, 2.45) is 0 Å². The lowest BCUT2D eigenvalue weighted by molar-refractivity contribution is -0.117. The molecular weight excluding hydrogens is 296 g/mol. The Morgan fingerprint density at radius 1 is 1.30 bits per heavy atom. The topological polar surface area (TPSA) is 75.3 Å². The van der Waals surface area contributed by atoms with E-state index in [0.717, 1.165) is 0 Å². The van der Waals surface area contributed by atoms with Crippen LogP contribution in [0, 0.1) is 0 Å². The molecule has 2 N–H and O–H groups in total. The zero-order chi connectivity index (χ0) is 15.0. The Morgan fingerprint density at radius 3 is 2.50 bits per heavy atom. The summed E-state index contributed by atoms with van der Waals surface area (Å²) in [5.41, 5.74) is 0.655. The average molecular weight is 316 g/mol. The molecule has 1 atom stereocenters. The number of carbonyl (C=O) groups excluding carboxylic acids is 1. The molecule has 0 aliphatic carbocycles. The second-order valence-corrected chi connectivity index (χ2v) is 7.24. The zero-order valence-electron chi connectivity index (χ0n) is 11.6. The molecule has 0 aliphatic rings. The third-order valence-electron chi connectivity index (χ3n) is 2.67. The van der Waals surface area contributed by atoms with Crippen LogP contribution < -0.4 is 10.0 Å². The van der Waals surface area contributed by atoms with Gasteiger partial charge in [-0.15, -0.1) is 0 Å². The summed E-state index contributed by atoms with van der Waals surface area (Å²) in [6.07, 6.45) is 2.37. The molecule has 0 bridgehead atoms. The third-order valence-corrected chi connectivity index (χ3v) is 4.72. The van der Waals surface area contributed by atoms with Crippen LogP contribution in [-0.2, 0) is 14.8 Å². The van der Waals surface area contributed by atoms with Gasteiger partial charge >= 0.3 is 0 Å². The standard InChI is InChI=1S/C13H20N2O3S2/c1-3-20(17,18)15-12(9-10-19-2)13(16)14-11-7-5-4-6-8-11/h4-8,12,15H,3,9-10H2,1-2H3,(H,14,16). The predicted molar refractivity (Wildman–Crippen MR) is 84.5 cm³/mol. The van der Waals surface area contributed by atoms with E-state index >= 15 is 0 Å². The van der Waals surface area contributed by atoms with Gasteiger partial charge in [0.1, 0.15) is 6.04 Å². The number of thioether (sulfide) groups is 1. The minimum absolute atomic E-state index is 0.0403. The first-order valence-electron chi connectivity index (χ1n) is 6.33. The molecule has 0 aliphatic heterocycles. The second-order valence-electron chi connectivity index (χ2n) is 4.21. The highest BCUT2D eigenvalue weighted by atomic mass is 32.2. The first-order valence-corrected chi connectivity index (χ1v) is 9.38. The zero-order valence-corrected chi connectivity index (χ0v) is 13.3. The quantitative estimate of drug-likeness (QED) is 0.765. The molecule has 1 unspecified atom stereocenters. The number of anilines is 1. The van der Waals surface area contributed by atoms with Gasteiger partial charge in [-0.2, -0.15) is 11.8 Å². The minimum atomic E-state index is -3.41. The Kier molecular flexibility index (Phi) is 7.04. The van der Waals surface area contributed by atoms with E-state index in [2.05, 4.69) is 10.0 Å². The Balaban J connectivity index is 2.74. The fourth-order valence-corrected chi connectivity index (χ4v) is 2.83. The lowest BCUT2D eigenvalue weighted by atomic mass is 10.2. The van der Waals surface area contributed by atoms with Gasteiger partial charge in [0.15, 0.2) is 0 Å². The van der Waals surface area contributed by atoms with Crippen LogP contribution in [0.5, 0.6) is 0 Å². The molecule has 112 valence electrons. The van der Waals surface area contributed by atoms with E-state index in [1.54, 1.807) is 30.8 Å². The van der Waals surface area contributed by atoms with Crippen molar-refractivity contribution in [2.45, 2.75) is 19.4 Å². The molecule has 5 nitrogen and oxygen atoms in total. The molecule has 0 saturated carbocycles. The van der Waals surface area contributed by atoms with Crippen LogP contribution in [-0.4, -0.2) is 38.1 Å². The van der Waals surface area contributed by atoms with Crippen molar-refractivity contribution in [1.29, 1.82) is 0 Å². The number of amides is 1. The average Bonchev–Trinajstić information content (AvgIpc) is 2.44. The summed E-state index contributed by atoms with van der Waals surface area (Å²) in [7, 11) is -3.41. The van der Waals surface area contributed by atoms with Gasteiger partial charge in [0, 0.05) is 5.69 Å². The Labute approximate surface area is 124 Å². The highest BCUT2D eigenvalue weighted by Gasteiger charge is 2.23. The number of hydrogen-bond acceptors (Lipinski definition) is 4. The van der Waals surface area contributed by atoms with Crippen molar-refractivity contribution in [2.75, 3.05) is 23.1 Å². The van der Waals surface area contributed by atoms with Gasteiger partial charge in [0.2, 0.25) is 15.9 Å². The smallest absolute Gasteiger partial charge is 0.242 e. The fourth-order valence-electron chi connectivity index (χ4n) is 1.53. The molecule has 1 rings (SSSR count). The molecule has 0 aromatic heterocycles. The van der Waals surface area contributed by atoms with Crippen LogP contribution in [0.4, 0.5) is 5.69 Å². The van der Waals surface area contributed by atoms with Crippen molar-refractivity contribution in [3.8, 4) is 0 Å². The molecule has 7 heteroatoms.